The van der Waals surface area contributed by atoms with Gasteiger partial charge in [-0.25, -0.2) is 0 Å². The van der Waals surface area contributed by atoms with Crippen molar-refractivity contribution in [3.63, 3.8) is 0 Å². The maximum absolute atomic E-state index is 11.9. The van der Waals surface area contributed by atoms with E-state index in [0.717, 1.165) is 29.1 Å². The second-order valence-corrected chi connectivity index (χ2v) is 4.15. The van der Waals surface area contributed by atoms with Crippen LogP contribution in [0.5, 0.6) is 0 Å². The molecule has 0 aromatic carbocycles. The summed E-state index contributed by atoms with van der Waals surface area (Å²) in [7, 11) is 0. The predicted octanol–water partition coefficient (Wildman–Crippen LogP) is 2.48. The van der Waals surface area contributed by atoms with Crippen molar-refractivity contribution in [3.05, 3.63) is 23.0 Å². The fourth-order valence-corrected chi connectivity index (χ4v) is 2.07. The number of rotatable bonds is 1. The Balaban J connectivity index is 2.50. The molecule has 1 aliphatic rings. The SMILES string of the molecule is CCC1CC(=O)c2cc(C)nc(C)c2N1. The summed E-state index contributed by atoms with van der Waals surface area (Å²) in [6.45, 7) is 5.96. The zero-order valence-electron chi connectivity index (χ0n) is 9.42. The summed E-state index contributed by atoms with van der Waals surface area (Å²) >= 11 is 0. The minimum Gasteiger partial charge on any atom is -0.380 e. The topological polar surface area (TPSA) is 42.0 Å². The average Bonchev–Trinajstić information content (AvgIpc) is 2.19. The molecular formula is C12H16N2O. The van der Waals surface area contributed by atoms with Gasteiger partial charge in [0.2, 0.25) is 0 Å². The van der Waals surface area contributed by atoms with Crippen LogP contribution in [0.1, 0.15) is 41.5 Å². The molecule has 0 saturated heterocycles. The van der Waals surface area contributed by atoms with Crippen LogP contribution in [0.2, 0.25) is 0 Å². The lowest BCUT2D eigenvalue weighted by atomic mass is 9.95. The second kappa shape index (κ2) is 3.65. The first kappa shape index (κ1) is 10.1. The lowest BCUT2D eigenvalue weighted by molar-refractivity contribution is 0.0971. The third-order valence-corrected chi connectivity index (χ3v) is 2.90. The quantitative estimate of drug-likeness (QED) is 0.764. The van der Waals surface area contributed by atoms with E-state index in [1.54, 1.807) is 0 Å². The minimum atomic E-state index is 0.240. The largest absolute Gasteiger partial charge is 0.380 e. The molecule has 0 fully saturated rings. The van der Waals surface area contributed by atoms with Gasteiger partial charge < -0.3 is 5.32 Å². The van der Waals surface area contributed by atoms with Gasteiger partial charge in [0.05, 0.1) is 11.4 Å². The molecule has 2 heterocycles. The van der Waals surface area contributed by atoms with E-state index in [-0.39, 0.29) is 11.8 Å². The standard InChI is InChI=1S/C12H16N2O/c1-4-9-6-11(15)10-5-7(2)13-8(3)12(10)14-9/h5,9,14H,4,6H2,1-3H3. The number of hydrogen-bond donors (Lipinski definition) is 1. The third-order valence-electron chi connectivity index (χ3n) is 2.90. The third kappa shape index (κ3) is 1.74. The van der Waals surface area contributed by atoms with Crippen molar-refractivity contribution in [2.75, 3.05) is 5.32 Å². The number of Topliss-reactive ketones (excluding diaryl/α,β-unsaturated/α-hetero) is 1. The van der Waals surface area contributed by atoms with Gasteiger partial charge in [0.1, 0.15) is 0 Å². The van der Waals surface area contributed by atoms with Gasteiger partial charge in [0.15, 0.2) is 5.78 Å². The fraction of sp³-hybridized carbons (Fsp3) is 0.500. The second-order valence-electron chi connectivity index (χ2n) is 4.15. The molecule has 1 N–H and O–H groups in total. The van der Waals surface area contributed by atoms with Crippen molar-refractivity contribution in [3.8, 4) is 0 Å². The Morgan fingerprint density at radius 2 is 2.27 bits per heavy atom. The first-order valence-corrected chi connectivity index (χ1v) is 5.39. The van der Waals surface area contributed by atoms with Crippen molar-refractivity contribution in [2.45, 2.75) is 39.7 Å². The fourth-order valence-electron chi connectivity index (χ4n) is 2.07. The van der Waals surface area contributed by atoms with Gasteiger partial charge in [-0.2, -0.15) is 0 Å². The summed E-state index contributed by atoms with van der Waals surface area (Å²) < 4.78 is 0. The smallest absolute Gasteiger partial charge is 0.167 e. The van der Waals surface area contributed by atoms with Crippen LogP contribution in [0, 0.1) is 13.8 Å². The molecule has 3 nitrogen and oxygen atoms in total. The van der Waals surface area contributed by atoms with Gasteiger partial charge in [0.25, 0.3) is 0 Å². The van der Waals surface area contributed by atoms with Gasteiger partial charge in [0, 0.05) is 23.7 Å². The van der Waals surface area contributed by atoms with Crippen LogP contribution in [0.15, 0.2) is 6.07 Å². The lowest BCUT2D eigenvalue weighted by Gasteiger charge is -2.26. The maximum atomic E-state index is 11.9. The Bertz CT molecular complexity index is 412. The van der Waals surface area contributed by atoms with Crippen molar-refractivity contribution in [2.24, 2.45) is 0 Å². The molecule has 0 aliphatic carbocycles. The van der Waals surface area contributed by atoms with Crippen LogP contribution in [0.4, 0.5) is 5.69 Å². The Morgan fingerprint density at radius 1 is 1.53 bits per heavy atom. The first-order chi connectivity index (χ1) is 7.11. The number of carbonyl (C=O) groups is 1. The molecule has 15 heavy (non-hydrogen) atoms. The molecule has 0 amide bonds. The number of nitrogens with zero attached hydrogens (tertiary/aromatic N) is 1. The molecule has 0 bridgehead atoms. The minimum absolute atomic E-state index is 0.240. The molecular weight excluding hydrogens is 188 g/mol. The van der Waals surface area contributed by atoms with Crippen LogP contribution >= 0.6 is 0 Å². The Kier molecular flexibility index (Phi) is 2.47. The molecule has 0 spiro atoms. The molecule has 1 aromatic rings. The lowest BCUT2D eigenvalue weighted by Crippen LogP contribution is -2.29. The predicted molar refractivity (Wildman–Crippen MR) is 60.4 cm³/mol. The van der Waals surface area contributed by atoms with E-state index in [0.29, 0.717) is 6.42 Å². The Hall–Kier alpha value is -1.38. The van der Waals surface area contributed by atoms with Gasteiger partial charge in [-0.05, 0) is 26.3 Å². The van der Waals surface area contributed by atoms with Crippen LogP contribution in [-0.4, -0.2) is 16.8 Å². The van der Waals surface area contributed by atoms with Crippen LogP contribution in [0.3, 0.4) is 0 Å². The highest BCUT2D eigenvalue weighted by Crippen LogP contribution is 2.28. The average molecular weight is 204 g/mol. The number of hydrogen-bond acceptors (Lipinski definition) is 3. The molecule has 0 radical (unpaired) electrons. The van der Waals surface area contributed by atoms with E-state index in [4.69, 9.17) is 0 Å². The number of ketones is 1. The van der Waals surface area contributed by atoms with Crippen molar-refractivity contribution < 1.29 is 4.79 Å². The van der Waals surface area contributed by atoms with Gasteiger partial charge >= 0.3 is 0 Å². The Morgan fingerprint density at radius 3 is 2.93 bits per heavy atom. The molecule has 1 aliphatic heterocycles. The monoisotopic (exact) mass is 204 g/mol. The number of aryl methyl sites for hydroxylation is 2. The highest BCUT2D eigenvalue weighted by Gasteiger charge is 2.25. The van der Waals surface area contributed by atoms with E-state index in [2.05, 4.69) is 17.2 Å². The van der Waals surface area contributed by atoms with E-state index < -0.39 is 0 Å². The first-order valence-electron chi connectivity index (χ1n) is 5.39. The van der Waals surface area contributed by atoms with Gasteiger partial charge in [-0.15, -0.1) is 0 Å². The van der Waals surface area contributed by atoms with Crippen molar-refractivity contribution in [1.82, 2.24) is 4.98 Å². The molecule has 1 aromatic heterocycles. The molecule has 0 saturated carbocycles. The normalized spacial score (nSPS) is 19.7. The van der Waals surface area contributed by atoms with Crippen LogP contribution in [0.25, 0.3) is 0 Å². The number of aromatic nitrogens is 1. The molecule has 1 unspecified atom stereocenters. The molecule has 2 rings (SSSR count). The van der Waals surface area contributed by atoms with E-state index in [1.807, 2.05) is 19.9 Å². The number of anilines is 1. The zero-order valence-corrected chi connectivity index (χ0v) is 9.42. The summed E-state index contributed by atoms with van der Waals surface area (Å²) in [5.74, 6) is 0.240. The van der Waals surface area contributed by atoms with E-state index in [9.17, 15) is 4.79 Å². The number of nitrogens with one attached hydrogen (secondary N) is 1. The highest BCUT2D eigenvalue weighted by molar-refractivity contribution is 6.03. The van der Waals surface area contributed by atoms with Crippen molar-refractivity contribution in [1.29, 1.82) is 0 Å². The van der Waals surface area contributed by atoms with Crippen molar-refractivity contribution >= 4 is 11.5 Å². The Labute approximate surface area is 89.9 Å². The van der Waals surface area contributed by atoms with Gasteiger partial charge in [-0.1, -0.05) is 6.92 Å². The summed E-state index contributed by atoms with van der Waals surface area (Å²) in [5, 5.41) is 3.39. The highest BCUT2D eigenvalue weighted by atomic mass is 16.1. The summed E-state index contributed by atoms with van der Waals surface area (Å²) in [5.41, 5.74) is 3.58. The molecule has 1 atom stereocenters. The number of pyridine rings is 1. The van der Waals surface area contributed by atoms with Crippen LogP contribution in [-0.2, 0) is 0 Å². The molecule has 80 valence electrons. The van der Waals surface area contributed by atoms with E-state index >= 15 is 0 Å². The summed E-state index contributed by atoms with van der Waals surface area (Å²) in [6.07, 6.45) is 1.57. The molecule has 3 heteroatoms. The number of carbonyl (C=O) groups excluding carboxylic acids is 1. The summed E-state index contributed by atoms with van der Waals surface area (Å²) in [6, 6.07) is 2.15. The maximum Gasteiger partial charge on any atom is 0.167 e. The zero-order chi connectivity index (χ0) is 11.0. The van der Waals surface area contributed by atoms with Crippen LogP contribution < -0.4 is 5.32 Å². The van der Waals surface area contributed by atoms with Gasteiger partial charge in [-0.3, -0.25) is 9.78 Å². The van der Waals surface area contributed by atoms with E-state index in [1.165, 1.54) is 0 Å². The summed E-state index contributed by atoms with van der Waals surface area (Å²) in [4.78, 5) is 16.3. The number of fused-ring (bicyclic) bond motifs is 1.